The standard InChI is InChI=1S/C54H29BN2S3/c1-6-17-39-31(12-1)32-13-2-7-18-40(32)56(39)30-28-36-49-37(24-26-47-51(49)34-15-4-9-21-44(34)59-47)55-38-25-27-48-52(35-16-5-10-22-45(35)60-48)54(38)57(42(29-30)53(36)55)41-19-11-23-46-50(41)33-14-3-8-20-43(33)58-46/h1-29H. The average molecular weight is 813 g/mol. The smallest absolute Gasteiger partial charge is 0.248 e. The first-order chi connectivity index (χ1) is 29.8. The maximum absolute atomic E-state index is 2.69. The summed E-state index contributed by atoms with van der Waals surface area (Å²) in [6.45, 7) is 0.0768. The normalized spacial score (nSPS) is 13.3. The van der Waals surface area contributed by atoms with Gasteiger partial charge < -0.3 is 9.47 Å². The number of hydrogen-bond acceptors (Lipinski definition) is 4. The minimum atomic E-state index is 0.0768. The Hall–Kier alpha value is -6.70. The van der Waals surface area contributed by atoms with E-state index in [1.165, 1.54) is 133 Å². The van der Waals surface area contributed by atoms with Crippen molar-refractivity contribution in [1.29, 1.82) is 0 Å². The first-order valence-electron chi connectivity index (χ1n) is 20.5. The summed E-state index contributed by atoms with van der Waals surface area (Å²) in [5, 5.41) is 10.6. The lowest BCUT2D eigenvalue weighted by molar-refractivity contribution is 1.18. The molecule has 0 N–H and O–H groups in total. The van der Waals surface area contributed by atoms with Crippen LogP contribution in [0.5, 0.6) is 0 Å². The summed E-state index contributed by atoms with van der Waals surface area (Å²) in [6.07, 6.45) is 0. The monoisotopic (exact) mass is 812 g/mol. The number of thiophene rings is 3. The predicted molar refractivity (Wildman–Crippen MR) is 264 cm³/mol. The molecule has 0 amide bonds. The highest BCUT2D eigenvalue weighted by molar-refractivity contribution is 7.27. The second kappa shape index (κ2) is 11.5. The van der Waals surface area contributed by atoms with E-state index in [2.05, 4.69) is 185 Å². The lowest BCUT2D eigenvalue weighted by atomic mass is 9.37. The van der Waals surface area contributed by atoms with Gasteiger partial charge >= 0.3 is 0 Å². The quantitative estimate of drug-likeness (QED) is 0.158. The molecule has 60 heavy (non-hydrogen) atoms. The van der Waals surface area contributed by atoms with Crippen molar-refractivity contribution < 1.29 is 0 Å². The molecule has 4 aromatic heterocycles. The zero-order valence-electron chi connectivity index (χ0n) is 31.9. The lowest BCUT2D eigenvalue weighted by Gasteiger charge is -2.37. The van der Waals surface area contributed by atoms with Gasteiger partial charge in [0.05, 0.1) is 22.4 Å². The summed E-state index contributed by atoms with van der Waals surface area (Å²) in [5.74, 6) is 0. The molecule has 0 saturated carbocycles. The highest BCUT2D eigenvalue weighted by atomic mass is 32.1. The van der Waals surface area contributed by atoms with Crippen LogP contribution in [0.3, 0.4) is 0 Å². The Bertz CT molecular complexity index is 4000. The Morgan fingerprint density at radius 1 is 0.383 bits per heavy atom. The molecule has 0 saturated heterocycles. The molecule has 0 atom stereocenters. The van der Waals surface area contributed by atoms with Gasteiger partial charge in [0.1, 0.15) is 0 Å². The third-order valence-corrected chi connectivity index (χ3v) is 16.8. The first-order valence-corrected chi connectivity index (χ1v) is 23.0. The molecule has 276 valence electrons. The van der Waals surface area contributed by atoms with Crippen LogP contribution in [0.25, 0.3) is 99.1 Å². The average Bonchev–Trinajstić information content (AvgIpc) is 4.11. The minimum Gasteiger partial charge on any atom is -0.310 e. The van der Waals surface area contributed by atoms with E-state index in [9.17, 15) is 0 Å². The second-order valence-electron chi connectivity index (χ2n) is 16.3. The molecule has 2 aliphatic heterocycles. The zero-order chi connectivity index (χ0) is 38.8. The van der Waals surface area contributed by atoms with Crippen LogP contribution in [0.1, 0.15) is 0 Å². The molecule has 0 fully saturated rings. The summed E-state index contributed by atoms with van der Waals surface area (Å²) >= 11 is 5.72. The van der Waals surface area contributed by atoms with Crippen molar-refractivity contribution >= 4 is 156 Å². The van der Waals surface area contributed by atoms with Gasteiger partial charge in [0.15, 0.2) is 0 Å². The fourth-order valence-corrected chi connectivity index (χ4v) is 14.4. The number of hydrogen-bond donors (Lipinski definition) is 0. The van der Waals surface area contributed by atoms with Gasteiger partial charge in [-0.15, -0.1) is 34.0 Å². The number of fused-ring (bicyclic) bond motifs is 19. The van der Waals surface area contributed by atoms with Crippen LogP contribution >= 0.6 is 34.0 Å². The van der Waals surface area contributed by atoms with E-state index < -0.39 is 0 Å². The Labute approximate surface area is 356 Å². The Morgan fingerprint density at radius 2 is 0.900 bits per heavy atom. The molecule has 0 unspecified atom stereocenters. The van der Waals surface area contributed by atoms with Crippen LogP contribution in [0.4, 0.5) is 17.1 Å². The summed E-state index contributed by atoms with van der Waals surface area (Å²) in [5.41, 5.74) is 14.3. The molecule has 0 radical (unpaired) electrons. The molecule has 0 bridgehead atoms. The maximum atomic E-state index is 2.69. The van der Waals surface area contributed by atoms with Crippen molar-refractivity contribution in [3.8, 4) is 16.8 Å². The number of para-hydroxylation sites is 2. The lowest BCUT2D eigenvalue weighted by Crippen LogP contribution is -2.54. The van der Waals surface area contributed by atoms with Crippen molar-refractivity contribution in [3.63, 3.8) is 0 Å². The van der Waals surface area contributed by atoms with Gasteiger partial charge in [-0.3, -0.25) is 0 Å². The summed E-state index contributed by atoms with van der Waals surface area (Å²) in [6, 6.07) is 66.6. The molecule has 2 nitrogen and oxygen atoms in total. The van der Waals surface area contributed by atoms with E-state index in [4.69, 9.17) is 0 Å². The van der Waals surface area contributed by atoms with Crippen molar-refractivity contribution in [2.24, 2.45) is 0 Å². The fourth-order valence-electron chi connectivity index (χ4n) is 11.1. The van der Waals surface area contributed by atoms with Crippen LogP contribution in [-0.2, 0) is 0 Å². The molecule has 6 heterocycles. The largest absolute Gasteiger partial charge is 0.310 e. The predicted octanol–water partition coefficient (Wildman–Crippen LogP) is 14.2. The van der Waals surface area contributed by atoms with Gasteiger partial charge in [-0.1, -0.05) is 115 Å². The van der Waals surface area contributed by atoms with E-state index in [-0.39, 0.29) is 6.71 Å². The second-order valence-corrected chi connectivity index (χ2v) is 19.5. The van der Waals surface area contributed by atoms with Crippen LogP contribution in [0, 0.1) is 0 Å². The molecule has 6 heteroatoms. The third-order valence-electron chi connectivity index (χ3n) is 13.4. The number of nitrogens with zero attached hydrogens (tertiary/aromatic N) is 2. The van der Waals surface area contributed by atoms with Gasteiger partial charge in [0.25, 0.3) is 0 Å². The van der Waals surface area contributed by atoms with Crippen molar-refractivity contribution in [2.45, 2.75) is 0 Å². The fraction of sp³-hybridized carbons (Fsp3) is 0. The van der Waals surface area contributed by atoms with Crippen LogP contribution < -0.4 is 21.3 Å². The van der Waals surface area contributed by atoms with Gasteiger partial charge in [0.2, 0.25) is 6.71 Å². The first kappa shape index (κ1) is 32.2. The summed E-state index contributed by atoms with van der Waals surface area (Å²) in [7, 11) is 0. The zero-order valence-corrected chi connectivity index (χ0v) is 34.4. The molecular formula is C54H29BN2S3. The molecule has 0 spiro atoms. The van der Waals surface area contributed by atoms with Gasteiger partial charge in [-0.05, 0) is 88.8 Å². The number of rotatable bonds is 2. The van der Waals surface area contributed by atoms with Crippen LogP contribution in [-0.4, -0.2) is 11.3 Å². The van der Waals surface area contributed by atoms with E-state index in [1.807, 2.05) is 34.0 Å². The Balaban J connectivity index is 1.17. The maximum Gasteiger partial charge on any atom is 0.248 e. The van der Waals surface area contributed by atoms with Crippen molar-refractivity contribution in [2.75, 3.05) is 4.90 Å². The Kier molecular flexibility index (Phi) is 6.18. The van der Waals surface area contributed by atoms with Gasteiger partial charge in [-0.2, -0.15) is 0 Å². The van der Waals surface area contributed by atoms with Gasteiger partial charge in [-0.25, -0.2) is 0 Å². The van der Waals surface area contributed by atoms with Crippen molar-refractivity contribution in [3.05, 3.63) is 176 Å². The molecule has 15 rings (SSSR count). The van der Waals surface area contributed by atoms with Crippen molar-refractivity contribution in [1.82, 2.24) is 4.57 Å². The Morgan fingerprint density at radius 3 is 1.57 bits per heavy atom. The SMILES string of the molecule is c1ccc2c(c1)sc1cccc(N3c4cc(-n5c6ccccc6c6ccccc65)cc5c4B(c4ccc6sc7ccccc7c6c4-5)c4ccc5sc6ccccc6c5c43)c12. The third kappa shape index (κ3) is 3.99. The van der Waals surface area contributed by atoms with E-state index in [0.29, 0.717) is 0 Å². The van der Waals surface area contributed by atoms with Gasteiger partial charge in [0, 0.05) is 82.7 Å². The molecule has 9 aromatic carbocycles. The topological polar surface area (TPSA) is 8.17 Å². The summed E-state index contributed by atoms with van der Waals surface area (Å²) < 4.78 is 10.5. The van der Waals surface area contributed by atoms with Crippen LogP contribution in [0.15, 0.2) is 176 Å². The van der Waals surface area contributed by atoms with E-state index >= 15 is 0 Å². The molecule has 13 aromatic rings. The molecule has 0 aliphatic carbocycles. The number of aromatic nitrogens is 1. The highest BCUT2D eigenvalue weighted by Gasteiger charge is 2.45. The van der Waals surface area contributed by atoms with E-state index in [0.717, 1.165) is 0 Å². The molecule has 2 aliphatic rings. The highest BCUT2D eigenvalue weighted by Crippen LogP contribution is 2.52. The van der Waals surface area contributed by atoms with E-state index in [1.54, 1.807) is 0 Å². The molecular weight excluding hydrogens is 784 g/mol. The number of anilines is 3. The number of benzene rings is 9. The minimum absolute atomic E-state index is 0.0768. The summed E-state index contributed by atoms with van der Waals surface area (Å²) in [4.78, 5) is 2.69. The van der Waals surface area contributed by atoms with Crippen LogP contribution in [0.2, 0.25) is 0 Å².